The van der Waals surface area contributed by atoms with Crippen LogP contribution in [-0.2, 0) is 11.3 Å². The van der Waals surface area contributed by atoms with Gasteiger partial charge in [0.05, 0.1) is 11.6 Å². The molecule has 8 nitrogen and oxygen atoms in total. The Hall–Kier alpha value is -3.78. The molecule has 9 heteroatoms. The summed E-state index contributed by atoms with van der Waals surface area (Å²) in [6.45, 7) is 2.14. The van der Waals surface area contributed by atoms with Gasteiger partial charge in [-0.3, -0.25) is 4.79 Å². The lowest BCUT2D eigenvalue weighted by molar-refractivity contribution is -0.125. The van der Waals surface area contributed by atoms with E-state index >= 15 is 0 Å². The second kappa shape index (κ2) is 9.11. The van der Waals surface area contributed by atoms with Crippen LogP contribution in [0.5, 0.6) is 11.5 Å². The maximum atomic E-state index is 13.0. The first-order valence-electron chi connectivity index (χ1n) is 11.7. The smallest absolute Gasteiger partial charge is 0.231 e. The van der Waals surface area contributed by atoms with Gasteiger partial charge in [0, 0.05) is 42.6 Å². The fourth-order valence-electron chi connectivity index (χ4n) is 4.71. The molecule has 4 heterocycles. The van der Waals surface area contributed by atoms with Gasteiger partial charge in [-0.15, -0.1) is 0 Å². The van der Waals surface area contributed by atoms with E-state index in [4.69, 9.17) is 26.2 Å². The molecule has 2 aromatic heterocycles. The van der Waals surface area contributed by atoms with E-state index in [0.717, 1.165) is 59.0 Å². The topological polar surface area (TPSA) is 81.0 Å². The van der Waals surface area contributed by atoms with Gasteiger partial charge in [-0.1, -0.05) is 29.8 Å². The Morgan fingerprint density at radius 3 is 2.97 bits per heavy atom. The van der Waals surface area contributed by atoms with Crippen molar-refractivity contribution in [2.45, 2.75) is 19.4 Å². The number of halogens is 1. The summed E-state index contributed by atoms with van der Waals surface area (Å²) in [4.78, 5) is 19.9. The molecule has 1 saturated heterocycles. The highest BCUT2D eigenvalue weighted by Crippen LogP contribution is 2.33. The largest absolute Gasteiger partial charge is 0.454 e. The van der Waals surface area contributed by atoms with Crippen LogP contribution in [0.2, 0.25) is 5.02 Å². The second-order valence-electron chi connectivity index (χ2n) is 8.81. The highest BCUT2D eigenvalue weighted by atomic mass is 35.5. The lowest BCUT2D eigenvalue weighted by Crippen LogP contribution is -2.43. The van der Waals surface area contributed by atoms with Crippen LogP contribution in [0.1, 0.15) is 18.4 Å². The number of carbonyl (C=O) groups is 1. The van der Waals surface area contributed by atoms with Crippen molar-refractivity contribution in [3.8, 4) is 22.8 Å². The van der Waals surface area contributed by atoms with Gasteiger partial charge >= 0.3 is 0 Å². The van der Waals surface area contributed by atoms with Crippen molar-refractivity contribution in [2.75, 3.05) is 24.8 Å². The predicted molar refractivity (Wildman–Crippen MR) is 133 cm³/mol. The zero-order valence-corrected chi connectivity index (χ0v) is 19.7. The average molecular weight is 490 g/mol. The molecule has 0 radical (unpaired) electrons. The number of hydrogen-bond acceptors (Lipinski definition) is 6. The molecule has 2 aromatic carbocycles. The number of piperidine rings is 1. The highest BCUT2D eigenvalue weighted by Gasteiger charge is 2.28. The van der Waals surface area contributed by atoms with Crippen LogP contribution in [0.3, 0.4) is 0 Å². The lowest BCUT2D eigenvalue weighted by atomic mass is 9.97. The van der Waals surface area contributed by atoms with Gasteiger partial charge in [0.25, 0.3) is 0 Å². The summed E-state index contributed by atoms with van der Waals surface area (Å²) < 4.78 is 12.6. The third-order valence-electron chi connectivity index (χ3n) is 6.49. The lowest BCUT2D eigenvalue weighted by Gasteiger charge is -2.33. The molecule has 0 bridgehead atoms. The molecule has 0 spiro atoms. The van der Waals surface area contributed by atoms with Gasteiger partial charge in [-0.2, -0.15) is 5.10 Å². The average Bonchev–Trinajstić information content (AvgIpc) is 3.54. The number of anilines is 1. The standard InChI is InChI=1S/C26H24ClN5O3/c27-20-5-1-3-18(12-20)21-13-22-25(28-8-10-32(22)30-21)31-9-2-4-19(15-31)26(33)29-14-17-6-7-23-24(11-17)35-16-34-23/h1,3,5-8,10-13,19H,2,4,9,14-16H2,(H,29,33)/t19-/m1/s1. The van der Waals surface area contributed by atoms with E-state index in [1.54, 1.807) is 6.20 Å². The summed E-state index contributed by atoms with van der Waals surface area (Å²) in [6.07, 6.45) is 5.35. The van der Waals surface area contributed by atoms with Gasteiger partial charge in [0.15, 0.2) is 17.3 Å². The van der Waals surface area contributed by atoms with Crippen molar-refractivity contribution >= 4 is 28.8 Å². The number of hydrogen-bond donors (Lipinski definition) is 1. The van der Waals surface area contributed by atoms with E-state index in [9.17, 15) is 4.79 Å². The number of aromatic nitrogens is 3. The summed E-state index contributed by atoms with van der Waals surface area (Å²) in [5, 5.41) is 8.47. The quantitative estimate of drug-likeness (QED) is 0.450. The molecule has 6 rings (SSSR count). The van der Waals surface area contributed by atoms with Crippen molar-refractivity contribution in [3.63, 3.8) is 0 Å². The normalized spacial score (nSPS) is 17.1. The third-order valence-corrected chi connectivity index (χ3v) is 6.72. The molecule has 2 aliphatic heterocycles. The molecule has 0 unspecified atom stereocenters. The third kappa shape index (κ3) is 4.37. The Bertz CT molecular complexity index is 1410. The predicted octanol–water partition coefficient (Wildman–Crippen LogP) is 4.31. The van der Waals surface area contributed by atoms with E-state index in [1.807, 2.05) is 59.2 Å². The van der Waals surface area contributed by atoms with Crippen LogP contribution in [-0.4, -0.2) is 40.4 Å². The number of nitrogens with one attached hydrogen (secondary N) is 1. The first-order chi connectivity index (χ1) is 17.1. The number of amides is 1. The monoisotopic (exact) mass is 489 g/mol. The molecule has 0 saturated carbocycles. The molecule has 1 fully saturated rings. The van der Waals surface area contributed by atoms with Crippen LogP contribution < -0.4 is 19.7 Å². The van der Waals surface area contributed by atoms with E-state index in [0.29, 0.717) is 18.1 Å². The van der Waals surface area contributed by atoms with Crippen molar-refractivity contribution in [2.24, 2.45) is 5.92 Å². The summed E-state index contributed by atoms with van der Waals surface area (Å²) in [6, 6.07) is 15.4. The number of carbonyl (C=O) groups excluding carboxylic acids is 1. The van der Waals surface area contributed by atoms with Crippen molar-refractivity contribution in [1.82, 2.24) is 19.9 Å². The minimum atomic E-state index is -0.116. The molecule has 2 aliphatic rings. The molecule has 178 valence electrons. The maximum absolute atomic E-state index is 13.0. The van der Waals surface area contributed by atoms with Gasteiger partial charge in [-0.25, -0.2) is 9.50 Å². The summed E-state index contributed by atoms with van der Waals surface area (Å²) in [7, 11) is 0. The summed E-state index contributed by atoms with van der Waals surface area (Å²) >= 11 is 6.18. The van der Waals surface area contributed by atoms with Crippen LogP contribution in [0.25, 0.3) is 16.8 Å². The summed E-state index contributed by atoms with van der Waals surface area (Å²) in [5.74, 6) is 2.23. The SMILES string of the molecule is O=C(NCc1ccc2c(c1)OCO2)[C@@H]1CCCN(c2nccn3nc(-c4cccc(Cl)c4)cc23)C1. The van der Waals surface area contributed by atoms with Crippen LogP contribution in [0.15, 0.2) is 60.9 Å². The highest BCUT2D eigenvalue weighted by molar-refractivity contribution is 6.30. The van der Waals surface area contributed by atoms with Crippen molar-refractivity contribution < 1.29 is 14.3 Å². The van der Waals surface area contributed by atoms with E-state index in [2.05, 4.69) is 15.2 Å². The fourth-order valence-corrected chi connectivity index (χ4v) is 4.90. The zero-order valence-electron chi connectivity index (χ0n) is 19.0. The Balaban J connectivity index is 1.17. The minimum absolute atomic E-state index is 0.0486. The maximum Gasteiger partial charge on any atom is 0.231 e. The Morgan fingerprint density at radius 2 is 2.06 bits per heavy atom. The Morgan fingerprint density at radius 1 is 1.14 bits per heavy atom. The molecule has 1 amide bonds. The first-order valence-corrected chi connectivity index (χ1v) is 12.0. The van der Waals surface area contributed by atoms with Crippen LogP contribution in [0.4, 0.5) is 5.82 Å². The Labute approximate surface area is 207 Å². The molecule has 4 aromatic rings. The number of nitrogens with zero attached hydrogens (tertiary/aromatic N) is 4. The second-order valence-corrected chi connectivity index (χ2v) is 9.25. The molecule has 1 atom stereocenters. The van der Waals surface area contributed by atoms with Gasteiger partial charge < -0.3 is 19.7 Å². The fraction of sp³-hybridized carbons (Fsp3) is 0.269. The number of ether oxygens (including phenoxy) is 2. The summed E-state index contributed by atoms with van der Waals surface area (Å²) in [5.41, 5.74) is 3.67. The van der Waals surface area contributed by atoms with Crippen LogP contribution >= 0.6 is 11.6 Å². The van der Waals surface area contributed by atoms with Gasteiger partial charge in [-0.05, 0) is 48.7 Å². The molecule has 35 heavy (non-hydrogen) atoms. The number of rotatable bonds is 5. The number of benzene rings is 2. The minimum Gasteiger partial charge on any atom is -0.454 e. The van der Waals surface area contributed by atoms with E-state index in [-0.39, 0.29) is 18.6 Å². The molecular formula is C26H24ClN5O3. The zero-order chi connectivity index (χ0) is 23.8. The van der Waals surface area contributed by atoms with Gasteiger partial charge in [0.1, 0.15) is 5.52 Å². The van der Waals surface area contributed by atoms with Gasteiger partial charge in [0.2, 0.25) is 12.7 Å². The first kappa shape index (κ1) is 21.7. The molecule has 0 aliphatic carbocycles. The van der Waals surface area contributed by atoms with E-state index < -0.39 is 0 Å². The number of fused-ring (bicyclic) bond motifs is 2. The molecule has 1 N–H and O–H groups in total. The van der Waals surface area contributed by atoms with Crippen LogP contribution in [0, 0.1) is 5.92 Å². The Kier molecular flexibility index (Phi) is 5.66. The van der Waals surface area contributed by atoms with Crippen molar-refractivity contribution in [3.05, 3.63) is 71.5 Å². The molecular weight excluding hydrogens is 466 g/mol. The van der Waals surface area contributed by atoms with E-state index in [1.165, 1.54) is 0 Å². The van der Waals surface area contributed by atoms with Crippen molar-refractivity contribution in [1.29, 1.82) is 0 Å².